The van der Waals surface area contributed by atoms with Crippen LogP contribution in [0.15, 0.2) is 6.07 Å². The Balaban J connectivity index is 2.93. The van der Waals surface area contributed by atoms with Crippen LogP contribution in [0.2, 0.25) is 0 Å². The van der Waals surface area contributed by atoms with Crippen LogP contribution in [0, 0.1) is 6.92 Å². The molecule has 18 heavy (non-hydrogen) atoms. The van der Waals surface area contributed by atoms with Crippen LogP contribution in [-0.4, -0.2) is 48.4 Å². The second-order valence-corrected chi connectivity index (χ2v) is 4.83. The summed E-state index contributed by atoms with van der Waals surface area (Å²) in [5.41, 5.74) is 0. The lowest BCUT2D eigenvalue weighted by Crippen LogP contribution is -2.28. The van der Waals surface area contributed by atoms with E-state index in [1.165, 1.54) is 0 Å². The second-order valence-electron chi connectivity index (χ2n) is 4.83. The van der Waals surface area contributed by atoms with Gasteiger partial charge in [-0.25, -0.2) is 9.97 Å². The van der Waals surface area contributed by atoms with E-state index in [0.29, 0.717) is 6.04 Å². The van der Waals surface area contributed by atoms with Gasteiger partial charge in [-0.2, -0.15) is 0 Å². The van der Waals surface area contributed by atoms with Gasteiger partial charge in [0.25, 0.3) is 0 Å². The van der Waals surface area contributed by atoms with Crippen molar-refractivity contribution in [2.45, 2.75) is 33.2 Å². The first-order valence-electron chi connectivity index (χ1n) is 6.36. The molecule has 0 aliphatic rings. The van der Waals surface area contributed by atoms with Crippen LogP contribution in [-0.2, 0) is 0 Å². The normalized spacial score (nSPS) is 10.8. The molecule has 0 spiro atoms. The lowest BCUT2D eigenvalue weighted by molar-refractivity contribution is 0.290. The summed E-state index contributed by atoms with van der Waals surface area (Å²) in [6.07, 6.45) is 0.745. The first-order chi connectivity index (χ1) is 8.45. The number of rotatable bonds is 6. The highest BCUT2D eigenvalue weighted by molar-refractivity contribution is 5.50. The average molecular weight is 252 g/mol. The van der Waals surface area contributed by atoms with Gasteiger partial charge in [-0.05, 0) is 27.2 Å². The van der Waals surface area contributed by atoms with E-state index in [1.54, 1.807) is 0 Å². The number of hydrogen-bond donors (Lipinski definition) is 1. The van der Waals surface area contributed by atoms with Crippen molar-refractivity contribution < 1.29 is 5.11 Å². The minimum Gasteiger partial charge on any atom is -0.396 e. The van der Waals surface area contributed by atoms with E-state index in [1.807, 2.05) is 32.0 Å². The molecule has 1 N–H and O–H groups in total. The zero-order valence-corrected chi connectivity index (χ0v) is 12.0. The SMILES string of the molecule is Cc1nc(N(C)CCCO)cc(N(C)C(C)C)n1. The molecule has 0 radical (unpaired) electrons. The Morgan fingerprint density at radius 2 is 1.83 bits per heavy atom. The molecule has 1 aromatic heterocycles. The topological polar surface area (TPSA) is 52.5 Å². The smallest absolute Gasteiger partial charge is 0.134 e. The predicted octanol–water partition coefficient (Wildman–Crippen LogP) is 1.45. The van der Waals surface area contributed by atoms with E-state index < -0.39 is 0 Å². The summed E-state index contributed by atoms with van der Waals surface area (Å²) < 4.78 is 0. The summed E-state index contributed by atoms with van der Waals surface area (Å²) in [5.74, 6) is 2.60. The van der Waals surface area contributed by atoms with Crippen molar-refractivity contribution in [2.24, 2.45) is 0 Å². The van der Waals surface area contributed by atoms with E-state index in [0.717, 1.165) is 30.4 Å². The minimum absolute atomic E-state index is 0.202. The molecule has 0 aromatic carbocycles. The van der Waals surface area contributed by atoms with Gasteiger partial charge in [0.2, 0.25) is 0 Å². The highest BCUT2D eigenvalue weighted by Gasteiger charge is 2.11. The highest BCUT2D eigenvalue weighted by Crippen LogP contribution is 2.18. The van der Waals surface area contributed by atoms with Crippen LogP contribution in [0.1, 0.15) is 26.1 Å². The summed E-state index contributed by atoms with van der Waals surface area (Å²) in [6.45, 7) is 7.16. The van der Waals surface area contributed by atoms with Gasteiger partial charge in [-0.1, -0.05) is 0 Å². The Labute approximate surface area is 109 Å². The maximum atomic E-state index is 8.86. The van der Waals surface area contributed by atoms with E-state index in [2.05, 4.69) is 28.7 Å². The fourth-order valence-corrected chi connectivity index (χ4v) is 1.60. The number of anilines is 2. The molecule has 0 saturated carbocycles. The Hall–Kier alpha value is -1.36. The molecule has 1 heterocycles. The fourth-order valence-electron chi connectivity index (χ4n) is 1.60. The van der Waals surface area contributed by atoms with Gasteiger partial charge in [0.05, 0.1) is 0 Å². The first kappa shape index (κ1) is 14.7. The number of aliphatic hydroxyl groups excluding tert-OH is 1. The third-order valence-corrected chi connectivity index (χ3v) is 2.99. The van der Waals surface area contributed by atoms with Gasteiger partial charge in [0.15, 0.2) is 0 Å². The molecule has 102 valence electrons. The molecule has 1 rings (SSSR count). The summed E-state index contributed by atoms with van der Waals surface area (Å²) in [4.78, 5) is 13.1. The molecule has 0 aliphatic carbocycles. The molecule has 0 unspecified atom stereocenters. The molecule has 0 amide bonds. The fraction of sp³-hybridized carbons (Fsp3) is 0.692. The van der Waals surface area contributed by atoms with Crippen molar-refractivity contribution in [2.75, 3.05) is 37.0 Å². The quantitative estimate of drug-likeness (QED) is 0.830. The third-order valence-electron chi connectivity index (χ3n) is 2.99. The van der Waals surface area contributed by atoms with Crippen molar-refractivity contribution in [1.82, 2.24) is 9.97 Å². The zero-order chi connectivity index (χ0) is 13.7. The van der Waals surface area contributed by atoms with Crippen LogP contribution in [0.5, 0.6) is 0 Å². The molecule has 0 aliphatic heterocycles. The van der Waals surface area contributed by atoms with Crippen molar-refractivity contribution in [3.63, 3.8) is 0 Å². The highest BCUT2D eigenvalue weighted by atomic mass is 16.3. The van der Waals surface area contributed by atoms with Crippen LogP contribution in [0.4, 0.5) is 11.6 Å². The standard InChI is InChI=1S/C13H24N4O/c1-10(2)17(5)13-9-12(14-11(3)15-13)16(4)7-6-8-18/h9-10,18H,6-8H2,1-5H3. The molecule has 0 fully saturated rings. The largest absolute Gasteiger partial charge is 0.396 e. The Bertz CT molecular complexity index is 381. The monoisotopic (exact) mass is 252 g/mol. The minimum atomic E-state index is 0.202. The number of nitrogens with zero attached hydrogens (tertiary/aromatic N) is 4. The zero-order valence-electron chi connectivity index (χ0n) is 12.0. The lowest BCUT2D eigenvalue weighted by Gasteiger charge is -2.25. The molecule has 5 nitrogen and oxygen atoms in total. The number of aromatic nitrogens is 2. The van der Waals surface area contributed by atoms with Crippen LogP contribution >= 0.6 is 0 Å². The molecular formula is C13H24N4O. The molecule has 0 saturated heterocycles. The lowest BCUT2D eigenvalue weighted by atomic mass is 10.3. The Kier molecular flexibility index (Phi) is 5.34. The maximum absolute atomic E-state index is 8.86. The van der Waals surface area contributed by atoms with Crippen molar-refractivity contribution in [3.05, 3.63) is 11.9 Å². The summed E-state index contributed by atoms with van der Waals surface area (Å²) in [7, 11) is 4.01. The molecule has 0 bridgehead atoms. The van der Waals surface area contributed by atoms with Crippen molar-refractivity contribution >= 4 is 11.6 Å². The van der Waals surface area contributed by atoms with Gasteiger partial charge in [0, 0.05) is 39.4 Å². The van der Waals surface area contributed by atoms with Crippen molar-refractivity contribution in [1.29, 1.82) is 0 Å². The molecule has 5 heteroatoms. The Morgan fingerprint density at radius 1 is 1.22 bits per heavy atom. The van der Waals surface area contributed by atoms with Crippen molar-refractivity contribution in [3.8, 4) is 0 Å². The number of aliphatic hydroxyl groups is 1. The van der Waals surface area contributed by atoms with Gasteiger partial charge >= 0.3 is 0 Å². The number of hydrogen-bond acceptors (Lipinski definition) is 5. The van der Waals surface area contributed by atoms with Gasteiger partial charge in [0.1, 0.15) is 17.5 Å². The van der Waals surface area contributed by atoms with E-state index in [9.17, 15) is 0 Å². The first-order valence-corrected chi connectivity index (χ1v) is 6.36. The summed E-state index contributed by atoms with van der Waals surface area (Å²) >= 11 is 0. The van der Waals surface area contributed by atoms with Gasteiger partial charge in [-0.3, -0.25) is 0 Å². The van der Waals surface area contributed by atoms with E-state index >= 15 is 0 Å². The average Bonchev–Trinajstić information content (AvgIpc) is 2.33. The third kappa shape index (κ3) is 3.84. The summed E-state index contributed by atoms with van der Waals surface area (Å²) in [5, 5.41) is 8.86. The van der Waals surface area contributed by atoms with Crippen LogP contribution < -0.4 is 9.80 Å². The molecule has 0 atom stereocenters. The maximum Gasteiger partial charge on any atom is 0.134 e. The number of aryl methyl sites for hydroxylation is 1. The van der Waals surface area contributed by atoms with Gasteiger partial charge < -0.3 is 14.9 Å². The Morgan fingerprint density at radius 3 is 2.39 bits per heavy atom. The van der Waals surface area contributed by atoms with Crippen LogP contribution in [0.3, 0.4) is 0 Å². The second kappa shape index (κ2) is 6.54. The van der Waals surface area contributed by atoms with Crippen LogP contribution in [0.25, 0.3) is 0 Å². The van der Waals surface area contributed by atoms with E-state index in [4.69, 9.17) is 5.11 Å². The predicted molar refractivity (Wildman–Crippen MR) is 75.3 cm³/mol. The summed E-state index contributed by atoms with van der Waals surface area (Å²) in [6, 6.07) is 2.39. The molecule has 1 aromatic rings. The van der Waals surface area contributed by atoms with E-state index in [-0.39, 0.29) is 6.61 Å². The van der Waals surface area contributed by atoms with Gasteiger partial charge in [-0.15, -0.1) is 0 Å². The molecular weight excluding hydrogens is 228 g/mol.